The highest BCUT2D eigenvalue weighted by Crippen LogP contribution is 2.30. The van der Waals surface area contributed by atoms with Crippen LogP contribution in [0.3, 0.4) is 0 Å². The van der Waals surface area contributed by atoms with Crippen LogP contribution in [-0.2, 0) is 10.0 Å². The average Bonchev–Trinajstić information content (AvgIpc) is 2.80. The van der Waals surface area contributed by atoms with E-state index in [9.17, 15) is 12.8 Å². The van der Waals surface area contributed by atoms with Crippen LogP contribution in [0.15, 0.2) is 42.6 Å². The Morgan fingerprint density at radius 1 is 1.06 bits per heavy atom. The van der Waals surface area contributed by atoms with Crippen molar-refractivity contribution in [1.82, 2.24) is 19.9 Å². The highest BCUT2D eigenvalue weighted by atomic mass is 35.5. The monoisotopic (exact) mass is 505 g/mol. The largest absolute Gasteiger partial charge is 0.382 e. The molecular formula is C21H18ClF2N7O2S. The molecule has 34 heavy (non-hydrogen) atoms. The summed E-state index contributed by atoms with van der Waals surface area (Å²) in [6.45, 7) is -0.794. The molecule has 0 amide bonds. The van der Waals surface area contributed by atoms with Gasteiger partial charge in [0.1, 0.15) is 11.3 Å². The lowest BCUT2D eigenvalue weighted by molar-refractivity contribution is 0.484. The number of nitrogen functional groups attached to an aromatic ring is 2. The third kappa shape index (κ3) is 4.82. The minimum absolute atomic E-state index is 0.0329. The number of hydrogen-bond acceptors (Lipinski definition) is 8. The predicted molar refractivity (Wildman–Crippen MR) is 128 cm³/mol. The first kappa shape index (κ1) is 23.5. The minimum Gasteiger partial charge on any atom is -0.382 e. The molecule has 1 aromatic carbocycles. The molecule has 0 unspecified atom stereocenters. The van der Waals surface area contributed by atoms with E-state index in [1.807, 2.05) is 0 Å². The van der Waals surface area contributed by atoms with Gasteiger partial charge in [0.2, 0.25) is 10.0 Å². The summed E-state index contributed by atoms with van der Waals surface area (Å²) in [5, 5.41) is 0.240. The fourth-order valence-corrected chi connectivity index (χ4v) is 4.41. The summed E-state index contributed by atoms with van der Waals surface area (Å²) in [7, 11) is -3.91. The number of sulfonamides is 1. The lowest BCUT2D eigenvalue weighted by atomic mass is 10.1. The molecule has 176 valence electrons. The smallest absolute Gasteiger partial charge is 0.232 e. The van der Waals surface area contributed by atoms with E-state index >= 15 is 4.39 Å². The van der Waals surface area contributed by atoms with Gasteiger partial charge in [0.05, 0.1) is 34.3 Å². The fourth-order valence-electron chi connectivity index (χ4n) is 3.16. The molecule has 0 aliphatic carbocycles. The Morgan fingerprint density at radius 2 is 1.85 bits per heavy atom. The van der Waals surface area contributed by atoms with Crippen LogP contribution in [0.2, 0.25) is 5.02 Å². The molecule has 4 rings (SSSR count). The standard InChI is InChI=1S/C21H18ClF2N7O2S/c22-13-9-11(10-27-19(13)25)21-29-16-6-5-14(28-18(16)20(26)30-21)12-3-1-4-15(17(12)24)31-34(32,33)8-2-7-23/h1,3-6,9-10,31H,2,7-8H2,(H2,25,27)(H2,26,29,30). The van der Waals surface area contributed by atoms with Crippen molar-refractivity contribution in [3.63, 3.8) is 0 Å². The number of fused-ring (bicyclic) bond motifs is 1. The molecule has 3 heterocycles. The van der Waals surface area contributed by atoms with Gasteiger partial charge in [0, 0.05) is 17.3 Å². The second kappa shape index (κ2) is 9.31. The van der Waals surface area contributed by atoms with Gasteiger partial charge in [0.15, 0.2) is 17.5 Å². The first-order chi connectivity index (χ1) is 16.2. The summed E-state index contributed by atoms with van der Waals surface area (Å²) in [5.74, 6) is -0.841. The van der Waals surface area contributed by atoms with E-state index in [1.165, 1.54) is 30.5 Å². The molecule has 3 aromatic heterocycles. The van der Waals surface area contributed by atoms with Gasteiger partial charge >= 0.3 is 0 Å². The molecule has 5 N–H and O–H groups in total. The SMILES string of the molecule is Nc1ncc(-c2nc(N)c3nc(-c4cccc(NS(=O)(=O)CCCF)c4F)ccc3n2)cc1Cl. The van der Waals surface area contributed by atoms with E-state index in [2.05, 4.69) is 24.7 Å². The number of anilines is 3. The van der Waals surface area contributed by atoms with Gasteiger partial charge in [0.25, 0.3) is 0 Å². The maximum Gasteiger partial charge on any atom is 0.232 e. The van der Waals surface area contributed by atoms with E-state index in [4.69, 9.17) is 23.1 Å². The number of nitrogens with one attached hydrogen (secondary N) is 1. The molecule has 0 saturated carbocycles. The maximum absolute atomic E-state index is 15.1. The Labute approximate surface area is 198 Å². The molecule has 0 bridgehead atoms. The van der Waals surface area contributed by atoms with Crippen LogP contribution >= 0.6 is 11.6 Å². The zero-order valence-electron chi connectivity index (χ0n) is 17.5. The lowest BCUT2D eigenvalue weighted by Crippen LogP contribution is -2.18. The van der Waals surface area contributed by atoms with Gasteiger partial charge in [-0.15, -0.1) is 0 Å². The van der Waals surface area contributed by atoms with E-state index < -0.39 is 28.3 Å². The predicted octanol–water partition coefficient (Wildman–Crippen LogP) is 3.81. The summed E-state index contributed by atoms with van der Waals surface area (Å²) >= 11 is 6.02. The summed E-state index contributed by atoms with van der Waals surface area (Å²) < 4.78 is 53.7. The fraction of sp³-hybridized carbons (Fsp3) is 0.143. The molecule has 0 aliphatic heterocycles. The number of hydrogen-bond donors (Lipinski definition) is 3. The second-order valence-corrected chi connectivity index (χ2v) is 9.47. The van der Waals surface area contributed by atoms with Crippen molar-refractivity contribution in [3.05, 3.63) is 53.4 Å². The molecule has 13 heteroatoms. The lowest BCUT2D eigenvalue weighted by Gasteiger charge is -2.12. The van der Waals surface area contributed by atoms with Crippen molar-refractivity contribution in [2.24, 2.45) is 0 Å². The van der Waals surface area contributed by atoms with E-state index in [0.717, 1.165) is 0 Å². The van der Waals surface area contributed by atoms with Crippen molar-refractivity contribution in [1.29, 1.82) is 0 Å². The van der Waals surface area contributed by atoms with Crippen LogP contribution in [0, 0.1) is 5.82 Å². The van der Waals surface area contributed by atoms with Gasteiger partial charge in [-0.1, -0.05) is 17.7 Å². The minimum atomic E-state index is -3.91. The topological polar surface area (TPSA) is 150 Å². The Hall–Kier alpha value is -3.64. The number of alkyl halides is 1. The quantitative estimate of drug-likeness (QED) is 0.343. The van der Waals surface area contributed by atoms with E-state index in [-0.39, 0.29) is 51.4 Å². The van der Waals surface area contributed by atoms with Gasteiger partial charge in [-0.3, -0.25) is 9.11 Å². The molecule has 9 nitrogen and oxygen atoms in total. The Kier molecular flexibility index (Phi) is 6.44. The van der Waals surface area contributed by atoms with Crippen LogP contribution in [-0.4, -0.2) is 40.8 Å². The molecule has 0 spiro atoms. The Bertz CT molecular complexity index is 1500. The van der Waals surface area contributed by atoms with Gasteiger partial charge in [-0.05, 0) is 36.8 Å². The zero-order valence-corrected chi connectivity index (χ0v) is 19.0. The maximum atomic E-state index is 15.1. The highest BCUT2D eigenvalue weighted by Gasteiger charge is 2.18. The Balaban J connectivity index is 1.72. The number of nitrogens with zero attached hydrogens (tertiary/aromatic N) is 4. The van der Waals surface area contributed by atoms with Gasteiger partial charge in [-0.25, -0.2) is 32.7 Å². The summed E-state index contributed by atoms with van der Waals surface area (Å²) in [5.41, 5.74) is 12.8. The van der Waals surface area contributed by atoms with E-state index in [1.54, 1.807) is 12.1 Å². The highest BCUT2D eigenvalue weighted by molar-refractivity contribution is 7.92. The van der Waals surface area contributed by atoms with Crippen molar-refractivity contribution < 1.29 is 17.2 Å². The number of benzene rings is 1. The van der Waals surface area contributed by atoms with E-state index in [0.29, 0.717) is 11.1 Å². The molecule has 0 saturated heterocycles. The van der Waals surface area contributed by atoms with Crippen LogP contribution < -0.4 is 16.2 Å². The number of aromatic nitrogens is 4. The molecule has 0 radical (unpaired) electrons. The van der Waals surface area contributed by atoms with Crippen molar-refractivity contribution in [2.75, 3.05) is 28.6 Å². The van der Waals surface area contributed by atoms with Crippen LogP contribution in [0.4, 0.5) is 26.1 Å². The second-order valence-electron chi connectivity index (χ2n) is 7.22. The number of nitrogens with two attached hydrogens (primary N) is 2. The van der Waals surface area contributed by atoms with Crippen LogP contribution in [0.5, 0.6) is 0 Å². The van der Waals surface area contributed by atoms with Crippen molar-refractivity contribution in [3.8, 4) is 22.6 Å². The van der Waals surface area contributed by atoms with Crippen LogP contribution in [0.1, 0.15) is 6.42 Å². The van der Waals surface area contributed by atoms with Crippen molar-refractivity contribution >= 4 is 50.0 Å². The first-order valence-corrected chi connectivity index (χ1v) is 11.9. The molecule has 0 aliphatic rings. The molecular weight excluding hydrogens is 488 g/mol. The van der Waals surface area contributed by atoms with Crippen molar-refractivity contribution in [2.45, 2.75) is 6.42 Å². The molecule has 0 atom stereocenters. The zero-order chi connectivity index (χ0) is 24.5. The third-order valence-electron chi connectivity index (χ3n) is 4.78. The van der Waals surface area contributed by atoms with Gasteiger partial charge < -0.3 is 11.5 Å². The summed E-state index contributed by atoms with van der Waals surface area (Å²) in [6.07, 6.45) is 1.27. The summed E-state index contributed by atoms with van der Waals surface area (Å²) in [4.78, 5) is 17.0. The van der Waals surface area contributed by atoms with Gasteiger partial charge in [-0.2, -0.15) is 0 Å². The normalized spacial score (nSPS) is 11.6. The number of rotatable bonds is 7. The molecule has 4 aromatic rings. The molecule has 0 fully saturated rings. The number of halogens is 3. The third-order valence-corrected chi connectivity index (χ3v) is 6.44. The summed E-state index contributed by atoms with van der Waals surface area (Å²) in [6, 6.07) is 8.84. The van der Waals surface area contributed by atoms with Crippen LogP contribution in [0.25, 0.3) is 33.7 Å². The average molecular weight is 506 g/mol. The number of pyridine rings is 2. The first-order valence-electron chi connectivity index (χ1n) is 9.89. The Morgan fingerprint density at radius 3 is 2.59 bits per heavy atom.